The van der Waals surface area contributed by atoms with Crippen molar-refractivity contribution in [3.05, 3.63) is 94.0 Å². The molecule has 7 nitrogen and oxygen atoms in total. The van der Waals surface area contributed by atoms with Gasteiger partial charge in [-0.25, -0.2) is 12.8 Å². The lowest BCUT2D eigenvalue weighted by atomic mass is 10.1. The van der Waals surface area contributed by atoms with Crippen LogP contribution in [0.5, 0.6) is 5.75 Å². The van der Waals surface area contributed by atoms with E-state index in [2.05, 4.69) is 5.32 Å². The van der Waals surface area contributed by atoms with Crippen LogP contribution in [-0.4, -0.2) is 26.0 Å². The van der Waals surface area contributed by atoms with E-state index in [-0.39, 0.29) is 22.3 Å². The number of aromatic nitrogens is 1. The Morgan fingerprint density at radius 2 is 1.80 bits per heavy atom. The number of ether oxygens (including phenoxy) is 1. The second-order valence-corrected chi connectivity index (χ2v) is 10.1. The molecule has 0 aliphatic carbocycles. The summed E-state index contributed by atoms with van der Waals surface area (Å²) >= 11 is 0. The molecule has 0 bridgehead atoms. The number of aryl methyl sites for hydroxylation is 2. The average molecular weight is 495 g/mol. The number of hydrogen-bond donors (Lipinski definition) is 1. The highest BCUT2D eigenvalue weighted by Crippen LogP contribution is 2.24. The first-order valence-corrected chi connectivity index (χ1v) is 12.2. The van der Waals surface area contributed by atoms with Crippen LogP contribution in [0.1, 0.15) is 11.1 Å². The third kappa shape index (κ3) is 4.81. The number of benzene rings is 3. The van der Waals surface area contributed by atoms with Gasteiger partial charge in [0, 0.05) is 23.3 Å². The third-order valence-electron chi connectivity index (χ3n) is 5.76. The Hall–Kier alpha value is -3.98. The van der Waals surface area contributed by atoms with Gasteiger partial charge < -0.3 is 14.6 Å². The van der Waals surface area contributed by atoms with Crippen LogP contribution in [0.4, 0.5) is 10.1 Å². The van der Waals surface area contributed by atoms with Crippen LogP contribution in [0.3, 0.4) is 0 Å². The fraction of sp³-hybridized carbons (Fsp3) is 0.154. The number of pyridine rings is 1. The van der Waals surface area contributed by atoms with Crippen molar-refractivity contribution in [1.82, 2.24) is 4.57 Å². The highest BCUT2D eigenvalue weighted by molar-refractivity contribution is 7.91. The molecule has 1 aromatic heterocycles. The van der Waals surface area contributed by atoms with Gasteiger partial charge in [0.1, 0.15) is 23.0 Å². The zero-order valence-electron chi connectivity index (χ0n) is 19.3. The summed E-state index contributed by atoms with van der Waals surface area (Å²) in [5.41, 5.74) is 1.53. The predicted octanol–water partition coefficient (Wildman–Crippen LogP) is 4.24. The number of halogens is 1. The van der Waals surface area contributed by atoms with E-state index in [0.717, 1.165) is 29.5 Å². The number of carbonyl (C=O) groups is 1. The number of nitrogens with zero attached hydrogens (tertiary/aromatic N) is 1. The SMILES string of the molecule is COc1cccc(NC(=O)Cn2cc(S(=O)(=O)c3ccc(C)c(C)c3)c(=O)c3cc(F)ccc32)c1. The highest BCUT2D eigenvalue weighted by Gasteiger charge is 2.25. The Morgan fingerprint density at radius 1 is 1.03 bits per heavy atom. The van der Waals surface area contributed by atoms with E-state index >= 15 is 0 Å². The van der Waals surface area contributed by atoms with Gasteiger partial charge in [0.15, 0.2) is 0 Å². The number of rotatable bonds is 6. The van der Waals surface area contributed by atoms with Gasteiger partial charge in [-0.05, 0) is 67.4 Å². The molecule has 0 atom stereocenters. The van der Waals surface area contributed by atoms with Crippen LogP contribution in [0.2, 0.25) is 0 Å². The summed E-state index contributed by atoms with van der Waals surface area (Å²) in [5, 5.41) is 2.58. The molecule has 0 spiro atoms. The third-order valence-corrected chi connectivity index (χ3v) is 7.50. The zero-order valence-corrected chi connectivity index (χ0v) is 20.1. The summed E-state index contributed by atoms with van der Waals surface area (Å²) in [7, 11) is -2.74. The van der Waals surface area contributed by atoms with Crippen molar-refractivity contribution in [2.75, 3.05) is 12.4 Å². The highest BCUT2D eigenvalue weighted by atomic mass is 32.2. The fourth-order valence-corrected chi connectivity index (χ4v) is 5.18. The first-order chi connectivity index (χ1) is 16.6. The number of anilines is 1. The minimum absolute atomic E-state index is 0.0548. The maximum atomic E-state index is 14.0. The Bertz CT molecular complexity index is 1630. The summed E-state index contributed by atoms with van der Waals surface area (Å²) in [6.07, 6.45) is 1.14. The molecule has 1 heterocycles. The quantitative estimate of drug-likeness (QED) is 0.433. The summed E-state index contributed by atoms with van der Waals surface area (Å²) in [4.78, 5) is 25.4. The molecule has 0 unspecified atom stereocenters. The molecule has 1 N–H and O–H groups in total. The number of hydrogen-bond acceptors (Lipinski definition) is 5. The maximum Gasteiger partial charge on any atom is 0.244 e. The number of amides is 1. The molecule has 0 saturated heterocycles. The molecule has 35 heavy (non-hydrogen) atoms. The average Bonchev–Trinajstić information content (AvgIpc) is 2.82. The standard InChI is InChI=1S/C26H23FN2O5S/c1-16-7-9-21(11-17(16)2)35(32,33)24-14-29(23-10-8-18(27)12-22(23)26(24)31)15-25(30)28-19-5-4-6-20(13-19)34-3/h4-14H,15H2,1-3H3,(H,28,30). The maximum absolute atomic E-state index is 14.0. The molecule has 9 heteroatoms. The first kappa shape index (κ1) is 24.2. The van der Waals surface area contributed by atoms with Gasteiger partial charge >= 0.3 is 0 Å². The van der Waals surface area contributed by atoms with E-state index in [1.54, 1.807) is 37.3 Å². The summed E-state index contributed by atoms with van der Waals surface area (Å²) < 4.78 is 47.4. The van der Waals surface area contributed by atoms with Gasteiger partial charge in [0.2, 0.25) is 21.2 Å². The van der Waals surface area contributed by atoms with Gasteiger partial charge in [0.05, 0.1) is 17.5 Å². The topological polar surface area (TPSA) is 94.5 Å². The first-order valence-electron chi connectivity index (χ1n) is 10.7. The van der Waals surface area contributed by atoms with Crippen molar-refractivity contribution in [3.8, 4) is 5.75 Å². The van der Waals surface area contributed by atoms with Crippen LogP contribution in [0.25, 0.3) is 10.9 Å². The molecular weight excluding hydrogens is 471 g/mol. The monoisotopic (exact) mass is 494 g/mol. The molecule has 0 aliphatic rings. The van der Waals surface area contributed by atoms with E-state index < -0.39 is 31.9 Å². The lowest BCUT2D eigenvalue weighted by Gasteiger charge is -2.15. The van der Waals surface area contributed by atoms with E-state index in [9.17, 15) is 22.4 Å². The molecule has 4 aromatic rings. The molecule has 0 fully saturated rings. The van der Waals surface area contributed by atoms with Crippen molar-refractivity contribution in [3.63, 3.8) is 0 Å². The second kappa shape index (κ2) is 9.34. The molecule has 0 saturated carbocycles. The number of methoxy groups -OCH3 is 1. The molecule has 0 radical (unpaired) electrons. The van der Waals surface area contributed by atoms with E-state index in [4.69, 9.17) is 4.74 Å². The summed E-state index contributed by atoms with van der Waals surface area (Å²) in [6.45, 7) is 3.30. The zero-order chi connectivity index (χ0) is 25.3. The Labute approximate surface area is 201 Å². The largest absolute Gasteiger partial charge is 0.497 e. The van der Waals surface area contributed by atoms with Gasteiger partial charge in [-0.3, -0.25) is 9.59 Å². The van der Waals surface area contributed by atoms with Gasteiger partial charge in [-0.2, -0.15) is 0 Å². The molecule has 1 amide bonds. The van der Waals surface area contributed by atoms with Gasteiger partial charge in [0.25, 0.3) is 0 Å². The lowest BCUT2D eigenvalue weighted by molar-refractivity contribution is -0.116. The Balaban J connectivity index is 1.81. The molecule has 180 valence electrons. The number of sulfone groups is 1. The predicted molar refractivity (Wildman–Crippen MR) is 131 cm³/mol. The van der Waals surface area contributed by atoms with Crippen molar-refractivity contribution >= 4 is 32.3 Å². The molecule has 0 aliphatic heterocycles. The second-order valence-electron chi connectivity index (χ2n) is 8.14. The number of fused-ring (bicyclic) bond motifs is 1. The van der Waals surface area contributed by atoms with Crippen molar-refractivity contribution in [2.45, 2.75) is 30.2 Å². The fourth-order valence-electron chi connectivity index (χ4n) is 3.73. The van der Waals surface area contributed by atoms with Crippen LogP contribution >= 0.6 is 0 Å². The molecule has 4 rings (SSSR count). The lowest BCUT2D eigenvalue weighted by Crippen LogP contribution is -2.24. The van der Waals surface area contributed by atoms with E-state index in [0.29, 0.717) is 11.4 Å². The van der Waals surface area contributed by atoms with E-state index in [1.165, 1.54) is 29.9 Å². The smallest absolute Gasteiger partial charge is 0.244 e. The van der Waals surface area contributed by atoms with Gasteiger partial charge in [-0.1, -0.05) is 12.1 Å². The van der Waals surface area contributed by atoms with Crippen LogP contribution in [-0.2, 0) is 21.2 Å². The Morgan fingerprint density at radius 3 is 2.51 bits per heavy atom. The number of nitrogens with one attached hydrogen (secondary N) is 1. The summed E-state index contributed by atoms with van der Waals surface area (Å²) in [5.74, 6) is -0.612. The summed E-state index contributed by atoms with van der Waals surface area (Å²) in [6, 6.07) is 14.8. The minimum atomic E-state index is -4.24. The van der Waals surface area contributed by atoms with Crippen LogP contribution in [0.15, 0.2) is 81.4 Å². The van der Waals surface area contributed by atoms with Gasteiger partial charge in [-0.15, -0.1) is 0 Å². The molecule has 3 aromatic carbocycles. The number of carbonyl (C=O) groups excluding carboxylic acids is 1. The van der Waals surface area contributed by atoms with Crippen molar-refractivity contribution in [2.24, 2.45) is 0 Å². The normalized spacial score (nSPS) is 11.4. The minimum Gasteiger partial charge on any atom is -0.497 e. The van der Waals surface area contributed by atoms with Crippen LogP contribution < -0.4 is 15.5 Å². The Kier molecular flexibility index (Phi) is 6.45. The van der Waals surface area contributed by atoms with Crippen molar-refractivity contribution in [1.29, 1.82) is 0 Å². The van der Waals surface area contributed by atoms with Crippen LogP contribution in [0, 0.1) is 19.7 Å². The molecular formula is C26H23FN2O5S. The van der Waals surface area contributed by atoms with E-state index in [1.807, 2.05) is 6.92 Å². The van der Waals surface area contributed by atoms with Crippen molar-refractivity contribution < 1.29 is 22.3 Å².